The summed E-state index contributed by atoms with van der Waals surface area (Å²) in [5.41, 5.74) is 6.26. The van der Waals surface area contributed by atoms with E-state index in [0.29, 0.717) is 0 Å². The molecule has 0 aliphatic carbocycles. The molecule has 1 aliphatic heterocycles. The Balaban J connectivity index is 2.28. The van der Waals surface area contributed by atoms with Gasteiger partial charge in [0.25, 0.3) is 0 Å². The van der Waals surface area contributed by atoms with Gasteiger partial charge in [0, 0.05) is 32.4 Å². The summed E-state index contributed by atoms with van der Waals surface area (Å²) in [6, 6.07) is 3.90. The average molecular weight is 262 g/mol. The number of hydrogen-bond acceptors (Lipinski definition) is 4. The first-order valence-corrected chi connectivity index (χ1v) is 6.59. The number of hydrogen-bond donors (Lipinski definition) is 1. The Labute approximate surface area is 114 Å². The van der Waals surface area contributed by atoms with Crippen LogP contribution in [0.4, 0.5) is 5.82 Å². The van der Waals surface area contributed by atoms with E-state index in [-0.39, 0.29) is 11.9 Å². The van der Waals surface area contributed by atoms with Gasteiger partial charge in [0.15, 0.2) is 0 Å². The van der Waals surface area contributed by atoms with E-state index in [4.69, 9.17) is 5.73 Å². The molecule has 1 saturated heterocycles. The maximum atomic E-state index is 12.2. The van der Waals surface area contributed by atoms with E-state index in [9.17, 15) is 4.79 Å². The molecule has 104 valence electrons. The van der Waals surface area contributed by atoms with E-state index in [0.717, 1.165) is 24.5 Å². The first-order chi connectivity index (χ1) is 8.84. The van der Waals surface area contributed by atoms with Crippen molar-refractivity contribution in [2.45, 2.75) is 32.4 Å². The molecule has 2 N–H and O–H groups in total. The summed E-state index contributed by atoms with van der Waals surface area (Å²) in [7, 11) is 1.84. The number of nitrogens with zero attached hydrogens (tertiary/aromatic N) is 3. The lowest BCUT2D eigenvalue weighted by Crippen LogP contribution is -2.62. The highest BCUT2D eigenvalue weighted by Crippen LogP contribution is 2.27. The highest BCUT2D eigenvalue weighted by atomic mass is 16.2. The molecular formula is C14H22N4O. The molecule has 5 nitrogen and oxygen atoms in total. The summed E-state index contributed by atoms with van der Waals surface area (Å²) in [6.07, 6.45) is 1.79. The molecule has 1 amide bonds. The lowest BCUT2D eigenvalue weighted by Gasteiger charge is -2.45. The molecule has 0 spiro atoms. The number of nitrogens with two attached hydrogens (primary N) is 1. The minimum Gasteiger partial charge on any atom is -0.342 e. The van der Waals surface area contributed by atoms with Crippen LogP contribution in [-0.2, 0) is 4.79 Å². The second-order valence-electron chi connectivity index (χ2n) is 5.68. The molecule has 0 radical (unpaired) electrons. The molecule has 1 aromatic heterocycles. The van der Waals surface area contributed by atoms with Crippen molar-refractivity contribution < 1.29 is 4.79 Å². The molecule has 1 fully saturated rings. The third kappa shape index (κ3) is 2.42. The summed E-state index contributed by atoms with van der Waals surface area (Å²) in [5.74, 6) is 0.952. The van der Waals surface area contributed by atoms with Crippen LogP contribution < -0.4 is 10.6 Å². The maximum Gasteiger partial charge on any atom is 0.247 e. The van der Waals surface area contributed by atoms with Gasteiger partial charge in [-0.2, -0.15) is 0 Å². The number of rotatable bonds is 2. The summed E-state index contributed by atoms with van der Waals surface area (Å²) >= 11 is 0. The molecule has 1 atom stereocenters. The van der Waals surface area contributed by atoms with Gasteiger partial charge < -0.3 is 15.5 Å². The van der Waals surface area contributed by atoms with Gasteiger partial charge in [0.05, 0.1) is 0 Å². The van der Waals surface area contributed by atoms with E-state index < -0.39 is 5.54 Å². The zero-order valence-corrected chi connectivity index (χ0v) is 12.1. The number of pyridine rings is 1. The van der Waals surface area contributed by atoms with Gasteiger partial charge in [0.2, 0.25) is 5.91 Å². The fourth-order valence-electron chi connectivity index (χ4n) is 2.44. The van der Waals surface area contributed by atoms with Gasteiger partial charge in [-0.1, -0.05) is 6.07 Å². The number of anilines is 1. The zero-order valence-electron chi connectivity index (χ0n) is 12.1. The largest absolute Gasteiger partial charge is 0.342 e. The summed E-state index contributed by atoms with van der Waals surface area (Å²) in [4.78, 5) is 20.5. The van der Waals surface area contributed by atoms with Crippen molar-refractivity contribution in [3.63, 3.8) is 0 Å². The van der Waals surface area contributed by atoms with Crippen molar-refractivity contribution in [2.75, 3.05) is 25.0 Å². The molecule has 0 aromatic carbocycles. The fraction of sp³-hybridized carbons (Fsp3) is 0.571. The van der Waals surface area contributed by atoms with Crippen LogP contribution in [0.15, 0.2) is 18.3 Å². The van der Waals surface area contributed by atoms with Crippen molar-refractivity contribution in [2.24, 2.45) is 5.73 Å². The fourth-order valence-corrected chi connectivity index (χ4v) is 2.44. The smallest absolute Gasteiger partial charge is 0.247 e. The Kier molecular flexibility index (Phi) is 3.49. The van der Waals surface area contributed by atoms with E-state index in [1.54, 1.807) is 11.1 Å². The summed E-state index contributed by atoms with van der Waals surface area (Å²) < 4.78 is 0. The molecular weight excluding hydrogens is 240 g/mol. The minimum atomic E-state index is -0.560. The van der Waals surface area contributed by atoms with Crippen LogP contribution in [0.2, 0.25) is 0 Å². The van der Waals surface area contributed by atoms with Gasteiger partial charge in [-0.3, -0.25) is 4.79 Å². The number of carbonyl (C=O) groups is 1. The lowest BCUT2D eigenvalue weighted by atomic mass is 9.97. The molecule has 0 unspecified atom stereocenters. The van der Waals surface area contributed by atoms with Crippen molar-refractivity contribution >= 4 is 11.7 Å². The molecule has 19 heavy (non-hydrogen) atoms. The highest BCUT2D eigenvalue weighted by Gasteiger charge is 2.41. The molecule has 1 aliphatic rings. The lowest BCUT2D eigenvalue weighted by molar-refractivity contribution is -0.136. The van der Waals surface area contributed by atoms with Crippen molar-refractivity contribution in [3.8, 4) is 0 Å². The normalized spacial score (nSPS) is 20.6. The zero-order chi connectivity index (χ0) is 14.2. The van der Waals surface area contributed by atoms with E-state index in [1.165, 1.54) is 0 Å². The Morgan fingerprint density at radius 3 is 2.58 bits per heavy atom. The summed E-state index contributed by atoms with van der Waals surface area (Å²) in [6.45, 7) is 7.32. The van der Waals surface area contributed by atoms with E-state index in [2.05, 4.69) is 9.88 Å². The number of piperazine rings is 1. The van der Waals surface area contributed by atoms with Crippen molar-refractivity contribution in [3.05, 3.63) is 23.9 Å². The van der Waals surface area contributed by atoms with Crippen LogP contribution in [0.1, 0.15) is 32.4 Å². The topological polar surface area (TPSA) is 62.5 Å². The van der Waals surface area contributed by atoms with Crippen molar-refractivity contribution in [1.29, 1.82) is 0 Å². The molecule has 2 heterocycles. The van der Waals surface area contributed by atoms with Gasteiger partial charge >= 0.3 is 0 Å². The van der Waals surface area contributed by atoms with E-state index >= 15 is 0 Å². The van der Waals surface area contributed by atoms with E-state index in [1.807, 2.05) is 40.0 Å². The van der Waals surface area contributed by atoms with Crippen LogP contribution in [0.5, 0.6) is 0 Å². The maximum absolute atomic E-state index is 12.2. The predicted molar refractivity (Wildman–Crippen MR) is 75.9 cm³/mol. The predicted octanol–water partition coefficient (Wildman–Crippen LogP) is 1.16. The first kappa shape index (κ1) is 13.8. The van der Waals surface area contributed by atoms with Crippen LogP contribution >= 0.6 is 0 Å². The number of likely N-dealkylation sites (N-methyl/N-ethyl adjacent to an activating group) is 1. The molecule has 0 saturated carbocycles. The highest BCUT2D eigenvalue weighted by molar-refractivity contribution is 5.90. The third-order valence-corrected chi connectivity index (χ3v) is 3.78. The van der Waals surface area contributed by atoms with Crippen LogP contribution in [-0.4, -0.2) is 41.5 Å². The average Bonchev–Trinajstić information content (AvgIpc) is 2.36. The summed E-state index contributed by atoms with van der Waals surface area (Å²) in [5, 5.41) is 0. The van der Waals surface area contributed by atoms with Crippen LogP contribution in [0.3, 0.4) is 0 Å². The SMILES string of the molecule is C[C@H](N)c1ccc(N2CCN(C)C(=O)C2(C)C)nc1. The second kappa shape index (κ2) is 4.81. The quantitative estimate of drug-likeness (QED) is 0.868. The van der Waals surface area contributed by atoms with Gasteiger partial charge in [-0.05, 0) is 32.4 Å². The molecule has 5 heteroatoms. The number of aromatic nitrogens is 1. The Bertz CT molecular complexity index is 467. The molecule has 0 bridgehead atoms. The third-order valence-electron chi connectivity index (χ3n) is 3.78. The standard InChI is InChI=1S/C14H22N4O/c1-10(15)11-5-6-12(16-9-11)18-8-7-17(4)13(19)14(18,2)3/h5-6,9-10H,7-8,15H2,1-4H3/t10-/m0/s1. The van der Waals surface area contributed by atoms with Gasteiger partial charge in [-0.15, -0.1) is 0 Å². The molecule has 2 rings (SSSR count). The van der Waals surface area contributed by atoms with Gasteiger partial charge in [-0.25, -0.2) is 4.98 Å². The minimum absolute atomic E-state index is 0.0244. The Morgan fingerprint density at radius 1 is 1.37 bits per heavy atom. The second-order valence-corrected chi connectivity index (χ2v) is 5.68. The van der Waals surface area contributed by atoms with Crippen LogP contribution in [0.25, 0.3) is 0 Å². The Hall–Kier alpha value is -1.62. The number of amides is 1. The van der Waals surface area contributed by atoms with Gasteiger partial charge in [0.1, 0.15) is 11.4 Å². The Morgan fingerprint density at radius 2 is 2.05 bits per heavy atom. The van der Waals surface area contributed by atoms with Crippen LogP contribution in [0, 0.1) is 0 Å². The monoisotopic (exact) mass is 262 g/mol. The number of carbonyl (C=O) groups excluding carboxylic acids is 1. The van der Waals surface area contributed by atoms with Crippen molar-refractivity contribution in [1.82, 2.24) is 9.88 Å². The first-order valence-electron chi connectivity index (χ1n) is 6.59. The molecule has 1 aromatic rings.